The van der Waals surface area contributed by atoms with E-state index in [9.17, 15) is 10.1 Å². The Bertz CT molecular complexity index is 670. The number of nitrogens with zero attached hydrogens (tertiary/aromatic N) is 2. The molecule has 1 aliphatic carbocycles. The van der Waals surface area contributed by atoms with Crippen LogP contribution in [-0.2, 0) is 4.79 Å². The van der Waals surface area contributed by atoms with E-state index in [2.05, 4.69) is 11.4 Å². The Balaban J connectivity index is 1.47. The average Bonchev–Trinajstić information content (AvgIpc) is 2.94. The summed E-state index contributed by atoms with van der Waals surface area (Å²) in [7, 11) is 0. The number of nitrogens with one attached hydrogen (secondary N) is 1. The van der Waals surface area contributed by atoms with Crippen LogP contribution in [0.2, 0.25) is 10.0 Å². The van der Waals surface area contributed by atoms with Gasteiger partial charge in [0.25, 0.3) is 0 Å². The zero-order valence-electron chi connectivity index (χ0n) is 13.2. The monoisotopic (exact) mass is 367 g/mol. The molecule has 24 heavy (non-hydrogen) atoms. The third-order valence-electron chi connectivity index (χ3n) is 4.59. The first-order chi connectivity index (χ1) is 11.5. The van der Waals surface area contributed by atoms with Gasteiger partial charge in [0.05, 0.1) is 22.7 Å². The Morgan fingerprint density at radius 3 is 2.83 bits per heavy atom. The number of nitriles is 1. The smallest absolute Gasteiger partial charge is 0.235 e. The highest BCUT2D eigenvalue weighted by atomic mass is 35.5. The fraction of sp³-hybridized carbons (Fsp3) is 0.529. The number of rotatable bonds is 5. The molecule has 7 heteroatoms. The number of likely N-dealkylation sites (tertiary alicyclic amines) is 1. The maximum Gasteiger partial charge on any atom is 0.235 e. The number of hydrogen-bond donors (Lipinski definition) is 1. The van der Waals surface area contributed by atoms with Crippen LogP contribution in [-0.4, -0.2) is 42.1 Å². The molecule has 0 bridgehead atoms. The van der Waals surface area contributed by atoms with Crippen molar-refractivity contribution in [1.29, 1.82) is 5.26 Å². The third-order valence-corrected chi connectivity index (χ3v) is 5.33. The molecule has 2 aliphatic rings. The second kappa shape index (κ2) is 7.18. The summed E-state index contributed by atoms with van der Waals surface area (Å²) in [6, 6.07) is 7.42. The molecule has 5 nitrogen and oxygen atoms in total. The van der Waals surface area contributed by atoms with E-state index in [1.807, 2.05) is 4.90 Å². The largest absolute Gasteiger partial charge is 0.489 e. The summed E-state index contributed by atoms with van der Waals surface area (Å²) in [5, 5.41) is 13.0. The van der Waals surface area contributed by atoms with Gasteiger partial charge in [0.15, 0.2) is 0 Å². The van der Waals surface area contributed by atoms with Gasteiger partial charge in [-0.3, -0.25) is 9.69 Å². The lowest BCUT2D eigenvalue weighted by Crippen LogP contribution is -2.54. The Kier molecular flexibility index (Phi) is 5.19. The van der Waals surface area contributed by atoms with Crippen molar-refractivity contribution in [2.24, 2.45) is 0 Å². The lowest BCUT2D eigenvalue weighted by molar-refractivity contribution is -0.124. The zero-order chi connectivity index (χ0) is 17.2. The van der Waals surface area contributed by atoms with Crippen LogP contribution >= 0.6 is 23.2 Å². The van der Waals surface area contributed by atoms with E-state index < -0.39 is 5.54 Å². The molecule has 1 saturated carbocycles. The van der Waals surface area contributed by atoms with Crippen molar-refractivity contribution in [2.75, 3.05) is 19.6 Å². The standard InChI is InChI=1S/C17H19Cl2N3O2/c18-14-3-2-12(8-15(14)19)24-13-4-7-22(9-13)10-16(23)21-17(11-20)5-1-6-17/h2-3,8,13H,1,4-7,9-10H2,(H,21,23). The van der Waals surface area contributed by atoms with Gasteiger partial charge in [-0.1, -0.05) is 23.2 Å². The van der Waals surface area contributed by atoms with E-state index in [0.29, 0.717) is 28.9 Å². The molecule has 1 aromatic rings. The fourth-order valence-electron chi connectivity index (χ4n) is 3.08. The van der Waals surface area contributed by atoms with Gasteiger partial charge < -0.3 is 10.1 Å². The molecular weight excluding hydrogens is 349 g/mol. The molecule has 1 aliphatic heterocycles. The van der Waals surface area contributed by atoms with Gasteiger partial charge in [-0.25, -0.2) is 0 Å². The first kappa shape index (κ1) is 17.3. The van der Waals surface area contributed by atoms with Crippen molar-refractivity contribution in [3.05, 3.63) is 28.2 Å². The molecule has 1 N–H and O–H groups in total. The SMILES string of the molecule is N#CC1(NC(=O)CN2CCC(Oc3ccc(Cl)c(Cl)c3)C2)CCC1. The molecule has 1 amide bonds. The van der Waals surface area contributed by atoms with Crippen molar-refractivity contribution >= 4 is 29.1 Å². The summed E-state index contributed by atoms with van der Waals surface area (Å²) in [6.07, 6.45) is 3.36. The lowest BCUT2D eigenvalue weighted by atomic mass is 9.78. The van der Waals surface area contributed by atoms with Crippen LogP contribution in [0.5, 0.6) is 5.75 Å². The number of amides is 1. The van der Waals surface area contributed by atoms with Crippen LogP contribution in [0.3, 0.4) is 0 Å². The van der Waals surface area contributed by atoms with E-state index in [1.54, 1.807) is 18.2 Å². The number of carbonyl (C=O) groups excluding carboxylic acids is 1. The molecule has 1 aromatic carbocycles. The molecule has 1 heterocycles. The van der Waals surface area contributed by atoms with Crippen LogP contribution < -0.4 is 10.1 Å². The van der Waals surface area contributed by atoms with Crippen LogP contribution in [0, 0.1) is 11.3 Å². The number of ether oxygens (including phenoxy) is 1. The zero-order valence-corrected chi connectivity index (χ0v) is 14.7. The van der Waals surface area contributed by atoms with Gasteiger partial charge in [-0.2, -0.15) is 5.26 Å². The highest BCUT2D eigenvalue weighted by molar-refractivity contribution is 6.42. The molecule has 0 radical (unpaired) electrons. The summed E-state index contributed by atoms with van der Waals surface area (Å²) in [5.41, 5.74) is -0.632. The molecule has 1 unspecified atom stereocenters. The first-order valence-corrected chi connectivity index (χ1v) is 8.82. The van der Waals surface area contributed by atoms with E-state index in [-0.39, 0.29) is 12.0 Å². The van der Waals surface area contributed by atoms with Crippen molar-refractivity contribution in [2.45, 2.75) is 37.3 Å². The molecule has 2 fully saturated rings. The number of benzene rings is 1. The number of halogens is 2. The molecule has 128 valence electrons. The van der Waals surface area contributed by atoms with Crippen molar-refractivity contribution in [1.82, 2.24) is 10.2 Å². The minimum Gasteiger partial charge on any atom is -0.489 e. The van der Waals surface area contributed by atoms with Crippen LogP contribution in [0.25, 0.3) is 0 Å². The van der Waals surface area contributed by atoms with Gasteiger partial charge in [0, 0.05) is 19.2 Å². The van der Waals surface area contributed by atoms with Crippen LogP contribution in [0.15, 0.2) is 18.2 Å². The van der Waals surface area contributed by atoms with Crippen molar-refractivity contribution in [3.63, 3.8) is 0 Å². The van der Waals surface area contributed by atoms with Gasteiger partial charge in [-0.15, -0.1) is 0 Å². The van der Waals surface area contributed by atoms with Gasteiger partial charge in [0.2, 0.25) is 5.91 Å². The minimum atomic E-state index is -0.632. The molecular formula is C17H19Cl2N3O2. The second-order valence-electron chi connectivity index (χ2n) is 6.44. The average molecular weight is 368 g/mol. The minimum absolute atomic E-state index is 0.0173. The van der Waals surface area contributed by atoms with Crippen LogP contribution in [0.4, 0.5) is 0 Å². The maximum atomic E-state index is 12.1. The molecule has 1 atom stereocenters. The predicted octanol–water partition coefficient (Wildman–Crippen LogP) is 3.01. The summed E-state index contributed by atoms with van der Waals surface area (Å²) in [4.78, 5) is 14.2. The van der Waals surface area contributed by atoms with E-state index in [0.717, 1.165) is 32.2 Å². The number of hydrogen-bond acceptors (Lipinski definition) is 4. The normalized spacial score (nSPS) is 22.5. The van der Waals surface area contributed by atoms with Crippen LogP contribution in [0.1, 0.15) is 25.7 Å². The number of carbonyl (C=O) groups is 1. The molecule has 3 rings (SSSR count). The van der Waals surface area contributed by atoms with E-state index in [1.165, 1.54) is 0 Å². The first-order valence-electron chi connectivity index (χ1n) is 8.06. The van der Waals surface area contributed by atoms with Gasteiger partial charge >= 0.3 is 0 Å². The molecule has 0 aromatic heterocycles. The Hall–Kier alpha value is -1.48. The quantitative estimate of drug-likeness (QED) is 0.868. The Morgan fingerprint density at radius 1 is 1.42 bits per heavy atom. The molecule has 1 saturated heterocycles. The van der Waals surface area contributed by atoms with E-state index >= 15 is 0 Å². The fourth-order valence-corrected chi connectivity index (χ4v) is 3.37. The maximum absolute atomic E-state index is 12.1. The lowest BCUT2D eigenvalue weighted by Gasteiger charge is -2.36. The third kappa shape index (κ3) is 3.94. The Labute approximate surface area is 151 Å². The van der Waals surface area contributed by atoms with Gasteiger partial charge in [-0.05, 0) is 37.8 Å². The predicted molar refractivity (Wildman–Crippen MR) is 92.3 cm³/mol. The van der Waals surface area contributed by atoms with Crippen molar-refractivity contribution < 1.29 is 9.53 Å². The van der Waals surface area contributed by atoms with Gasteiger partial charge in [0.1, 0.15) is 17.4 Å². The van der Waals surface area contributed by atoms with Crippen molar-refractivity contribution in [3.8, 4) is 11.8 Å². The summed E-state index contributed by atoms with van der Waals surface area (Å²) < 4.78 is 5.91. The topological polar surface area (TPSA) is 65.4 Å². The highest BCUT2D eigenvalue weighted by Gasteiger charge is 2.39. The summed E-state index contributed by atoms with van der Waals surface area (Å²) in [6.45, 7) is 1.76. The Morgan fingerprint density at radius 2 is 2.21 bits per heavy atom. The second-order valence-corrected chi connectivity index (χ2v) is 7.25. The molecule has 0 spiro atoms. The highest BCUT2D eigenvalue weighted by Crippen LogP contribution is 2.31. The summed E-state index contributed by atoms with van der Waals surface area (Å²) in [5.74, 6) is 0.588. The summed E-state index contributed by atoms with van der Waals surface area (Å²) >= 11 is 11.9. The van der Waals surface area contributed by atoms with E-state index in [4.69, 9.17) is 27.9 Å².